The number of hydrogen-bond acceptors (Lipinski definition) is 5. The number of rotatable bonds is 7. The highest BCUT2D eigenvalue weighted by molar-refractivity contribution is 8.26. The zero-order chi connectivity index (χ0) is 22.7. The van der Waals surface area contributed by atoms with Crippen molar-refractivity contribution in [1.29, 1.82) is 0 Å². The van der Waals surface area contributed by atoms with Gasteiger partial charge in [-0.05, 0) is 48.7 Å². The molecule has 6 nitrogen and oxygen atoms in total. The monoisotopic (exact) mass is 465 g/mol. The molecule has 2 heterocycles. The molecule has 2 aromatic carbocycles. The van der Waals surface area contributed by atoms with Gasteiger partial charge in [0.1, 0.15) is 16.1 Å². The lowest BCUT2D eigenvalue weighted by molar-refractivity contribution is -0.132. The number of carbonyl (C=O) groups is 2. The molecule has 2 N–H and O–H groups in total. The summed E-state index contributed by atoms with van der Waals surface area (Å²) in [6.07, 6.45) is 4.42. The van der Waals surface area contributed by atoms with Crippen molar-refractivity contribution >= 4 is 57.1 Å². The first-order valence-corrected chi connectivity index (χ1v) is 11.4. The van der Waals surface area contributed by atoms with Crippen molar-refractivity contribution in [3.63, 3.8) is 0 Å². The van der Waals surface area contributed by atoms with Gasteiger partial charge < -0.3 is 15.0 Å². The van der Waals surface area contributed by atoms with Crippen LogP contribution in [0.2, 0.25) is 0 Å². The van der Waals surface area contributed by atoms with Gasteiger partial charge in [0.05, 0.1) is 12.0 Å². The fraction of sp³-hybridized carbons (Fsp3) is 0.208. The molecule has 1 aliphatic heterocycles. The van der Waals surface area contributed by atoms with Crippen LogP contribution in [0.1, 0.15) is 18.1 Å². The van der Waals surface area contributed by atoms with E-state index in [9.17, 15) is 9.59 Å². The topological polar surface area (TPSA) is 74.4 Å². The summed E-state index contributed by atoms with van der Waals surface area (Å²) in [5.74, 6) is 0.211. The highest BCUT2D eigenvalue weighted by Crippen LogP contribution is 2.34. The van der Waals surface area contributed by atoms with Gasteiger partial charge in [-0.3, -0.25) is 14.5 Å². The van der Waals surface area contributed by atoms with Gasteiger partial charge in [0.15, 0.2) is 0 Å². The van der Waals surface area contributed by atoms with Crippen molar-refractivity contribution < 1.29 is 14.3 Å². The number of para-hydroxylation sites is 1. The number of fused-ring (bicyclic) bond motifs is 1. The molecule has 1 aliphatic rings. The summed E-state index contributed by atoms with van der Waals surface area (Å²) >= 11 is 6.61. The molecule has 164 valence electrons. The normalized spacial score (nSPS) is 16.1. The molecule has 0 radical (unpaired) electrons. The van der Waals surface area contributed by atoms with Crippen LogP contribution < -0.4 is 10.1 Å². The highest BCUT2D eigenvalue weighted by Gasteiger charge is 2.38. The molecule has 0 spiro atoms. The second-order valence-corrected chi connectivity index (χ2v) is 9.08. The van der Waals surface area contributed by atoms with Crippen LogP contribution >= 0.6 is 24.0 Å². The molecule has 1 saturated heterocycles. The number of hydrogen-bond donors (Lipinski definition) is 2. The van der Waals surface area contributed by atoms with Crippen LogP contribution in [-0.4, -0.2) is 45.7 Å². The highest BCUT2D eigenvalue weighted by atomic mass is 32.2. The number of thiocarbonyl (C=S) groups is 1. The Bertz CT molecular complexity index is 1220. The molecule has 1 unspecified atom stereocenters. The predicted molar refractivity (Wildman–Crippen MR) is 132 cm³/mol. The molecular weight excluding hydrogens is 442 g/mol. The van der Waals surface area contributed by atoms with Gasteiger partial charge >= 0.3 is 0 Å². The maximum Gasteiger partial charge on any atom is 0.266 e. The van der Waals surface area contributed by atoms with Gasteiger partial charge in [0.2, 0.25) is 5.91 Å². The molecule has 0 aliphatic carbocycles. The van der Waals surface area contributed by atoms with Gasteiger partial charge in [0.25, 0.3) is 5.91 Å². The maximum absolute atomic E-state index is 13.0. The molecule has 1 atom stereocenters. The number of H-pyrrole nitrogens is 1. The zero-order valence-corrected chi connectivity index (χ0v) is 19.4. The van der Waals surface area contributed by atoms with E-state index in [0.717, 1.165) is 22.0 Å². The van der Waals surface area contributed by atoms with Crippen molar-refractivity contribution in [2.24, 2.45) is 0 Å². The molecule has 0 saturated carbocycles. The fourth-order valence-electron chi connectivity index (χ4n) is 3.62. The molecule has 3 aromatic rings. The number of carbonyl (C=O) groups excluding carboxylic acids is 2. The standard InChI is InChI=1S/C24H23N3O3S2/c1-15(22(28)25-11-10-17-14-26-20-9-4-3-8-19(17)20)27-23(29)21(32-24(27)31)13-16-6-5-7-18(12-16)30-2/h3-9,12-15,26H,10-11H2,1-2H3,(H,25,28)/b21-13-. The smallest absolute Gasteiger partial charge is 0.266 e. The van der Waals surface area contributed by atoms with E-state index in [-0.39, 0.29) is 11.8 Å². The molecule has 2 amide bonds. The summed E-state index contributed by atoms with van der Waals surface area (Å²) in [6.45, 7) is 2.17. The second kappa shape index (κ2) is 9.58. The number of nitrogens with zero attached hydrogens (tertiary/aromatic N) is 1. The summed E-state index contributed by atoms with van der Waals surface area (Å²) in [5, 5.41) is 4.08. The number of nitrogens with one attached hydrogen (secondary N) is 2. The lowest BCUT2D eigenvalue weighted by Gasteiger charge is -2.22. The van der Waals surface area contributed by atoms with Crippen molar-refractivity contribution in [1.82, 2.24) is 15.2 Å². The SMILES string of the molecule is COc1cccc(/C=C2\SC(=S)N(C(C)C(=O)NCCc3c[nH]c4ccccc34)C2=O)c1. The van der Waals surface area contributed by atoms with Gasteiger partial charge in [0, 0.05) is 23.6 Å². The Morgan fingerprint density at radius 2 is 2.09 bits per heavy atom. The predicted octanol–water partition coefficient (Wildman–Crippen LogP) is 4.13. The fourth-order valence-corrected chi connectivity index (χ4v) is 5.04. The summed E-state index contributed by atoms with van der Waals surface area (Å²) in [7, 11) is 1.59. The Kier molecular flexibility index (Phi) is 6.62. The quantitative estimate of drug-likeness (QED) is 0.406. The van der Waals surface area contributed by atoms with Gasteiger partial charge in [-0.15, -0.1) is 0 Å². The number of ether oxygens (including phenoxy) is 1. The third kappa shape index (κ3) is 4.56. The van der Waals surface area contributed by atoms with Crippen LogP contribution in [-0.2, 0) is 16.0 Å². The first kappa shape index (κ1) is 22.1. The zero-order valence-electron chi connectivity index (χ0n) is 17.8. The lowest BCUT2D eigenvalue weighted by Crippen LogP contribution is -2.47. The van der Waals surface area contributed by atoms with Crippen LogP contribution in [0, 0.1) is 0 Å². The number of aromatic nitrogens is 1. The van der Waals surface area contributed by atoms with Crippen LogP contribution in [0.5, 0.6) is 5.75 Å². The number of benzene rings is 2. The second-order valence-electron chi connectivity index (χ2n) is 7.40. The van der Waals surface area contributed by atoms with E-state index in [1.807, 2.05) is 48.7 Å². The Labute approximate surface area is 196 Å². The summed E-state index contributed by atoms with van der Waals surface area (Å²) < 4.78 is 5.61. The van der Waals surface area contributed by atoms with Crippen LogP contribution in [0.4, 0.5) is 0 Å². The molecule has 0 bridgehead atoms. The van der Waals surface area contributed by atoms with Crippen molar-refractivity contribution in [3.8, 4) is 5.75 Å². The maximum atomic E-state index is 13.0. The Hall–Kier alpha value is -3.10. The van der Waals surface area contributed by atoms with Crippen molar-refractivity contribution in [3.05, 3.63) is 70.8 Å². The van der Waals surface area contributed by atoms with Crippen LogP contribution in [0.25, 0.3) is 17.0 Å². The van der Waals surface area contributed by atoms with Gasteiger partial charge in [-0.2, -0.15) is 0 Å². The summed E-state index contributed by atoms with van der Waals surface area (Å²) in [6, 6.07) is 14.8. The van der Waals surface area contributed by atoms with Gasteiger partial charge in [-0.25, -0.2) is 0 Å². The molecule has 8 heteroatoms. The lowest BCUT2D eigenvalue weighted by atomic mass is 10.1. The van der Waals surface area contributed by atoms with E-state index in [2.05, 4.69) is 16.4 Å². The third-order valence-corrected chi connectivity index (χ3v) is 6.68. The largest absolute Gasteiger partial charge is 0.497 e. The third-order valence-electron chi connectivity index (χ3n) is 5.35. The van der Waals surface area contributed by atoms with E-state index in [1.165, 1.54) is 16.7 Å². The average Bonchev–Trinajstić information content (AvgIpc) is 3.33. The minimum atomic E-state index is -0.693. The Morgan fingerprint density at radius 1 is 1.28 bits per heavy atom. The minimum Gasteiger partial charge on any atom is -0.497 e. The average molecular weight is 466 g/mol. The number of amides is 2. The molecule has 32 heavy (non-hydrogen) atoms. The van der Waals surface area contributed by atoms with E-state index < -0.39 is 6.04 Å². The van der Waals surface area contributed by atoms with Crippen molar-refractivity contribution in [2.75, 3.05) is 13.7 Å². The minimum absolute atomic E-state index is 0.233. The van der Waals surface area contributed by atoms with Crippen LogP contribution in [0.15, 0.2) is 59.6 Å². The number of methoxy groups -OCH3 is 1. The first-order chi connectivity index (χ1) is 15.5. The van der Waals surface area contributed by atoms with E-state index in [0.29, 0.717) is 27.9 Å². The van der Waals surface area contributed by atoms with Crippen LogP contribution in [0.3, 0.4) is 0 Å². The number of thioether (sulfide) groups is 1. The van der Waals surface area contributed by atoms with E-state index in [1.54, 1.807) is 20.1 Å². The van der Waals surface area contributed by atoms with E-state index >= 15 is 0 Å². The molecule has 1 fully saturated rings. The molecular formula is C24H23N3O3S2. The Morgan fingerprint density at radius 3 is 2.91 bits per heavy atom. The Balaban J connectivity index is 1.39. The van der Waals surface area contributed by atoms with Gasteiger partial charge in [-0.1, -0.05) is 54.3 Å². The van der Waals surface area contributed by atoms with E-state index in [4.69, 9.17) is 17.0 Å². The molecule has 4 rings (SSSR count). The van der Waals surface area contributed by atoms with Crippen molar-refractivity contribution in [2.45, 2.75) is 19.4 Å². The summed E-state index contributed by atoms with van der Waals surface area (Å²) in [4.78, 5) is 30.8. The molecule has 1 aromatic heterocycles. The summed E-state index contributed by atoms with van der Waals surface area (Å²) in [5.41, 5.74) is 3.05. The number of aromatic amines is 1. The first-order valence-electron chi connectivity index (χ1n) is 10.2.